The highest BCUT2D eigenvalue weighted by Crippen LogP contribution is 2.66. The first-order valence-corrected chi connectivity index (χ1v) is 16.4. The zero-order valence-corrected chi connectivity index (χ0v) is 25.4. The van der Waals surface area contributed by atoms with E-state index in [0.717, 1.165) is 69.5 Å². The minimum atomic E-state index is -0.202. The van der Waals surface area contributed by atoms with Crippen molar-refractivity contribution in [2.75, 3.05) is 6.61 Å². The van der Waals surface area contributed by atoms with E-state index in [1.54, 1.807) is 0 Å². The number of carbonyl (C=O) groups is 1. The molecule has 4 fully saturated rings. The number of fused-ring (bicyclic) bond motifs is 5. The maximum absolute atomic E-state index is 12.2. The van der Waals surface area contributed by atoms with Crippen LogP contribution in [0.3, 0.4) is 0 Å². The molecule has 0 saturated heterocycles. The highest BCUT2D eigenvalue weighted by molar-refractivity contribution is 5.79. The predicted octanol–water partition coefficient (Wildman–Crippen LogP) is 7.88. The number of Topliss-reactive ketones (excluding diaryl/α,β-unsaturated/α-hetero) is 1. The molecule has 5 unspecified atom stereocenters. The second-order valence-electron chi connectivity index (χ2n) is 14.3. The third kappa shape index (κ3) is 5.46. The van der Waals surface area contributed by atoms with Crippen molar-refractivity contribution in [3.8, 4) is 5.75 Å². The number of ether oxygens (including phenoxy) is 1. The molecule has 1 aromatic carbocycles. The van der Waals surface area contributed by atoms with Crippen molar-refractivity contribution in [3.05, 3.63) is 29.8 Å². The van der Waals surface area contributed by atoms with Crippen LogP contribution in [0.2, 0.25) is 0 Å². The van der Waals surface area contributed by atoms with E-state index in [9.17, 15) is 9.90 Å². The number of hydrogen-bond donors (Lipinski definition) is 2. The maximum atomic E-state index is 12.2. The third-order valence-electron chi connectivity index (χ3n) is 12.3. The molecule has 0 amide bonds. The van der Waals surface area contributed by atoms with Gasteiger partial charge in [0.1, 0.15) is 11.5 Å². The number of carbonyl (C=O) groups excluding carboxylic acids is 1. The molecule has 39 heavy (non-hydrogen) atoms. The monoisotopic (exact) mass is 537 g/mol. The Bertz CT molecular complexity index is 988. The van der Waals surface area contributed by atoms with Gasteiger partial charge in [-0.3, -0.25) is 4.79 Å². The summed E-state index contributed by atoms with van der Waals surface area (Å²) in [6.07, 6.45) is 12.6. The Morgan fingerprint density at radius 1 is 1.05 bits per heavy atom. The first-order valence-electron chi connectivity index (χ1n) is 16.4. The van der Waals surface area contributed by atoms with Crippen molar-refractivity contribution in [2.24, 2.45) is 40.4 Å². The Morgan fingerprint density at radius 2 is 1.85 bits per heavy atom. The molecule has 4 saturated carbocycles. The molecule has 4 aliphatic rings. The minimum Gasteiger partial charge on any atom is -0.494 e. The van der Waals surface area contributed by atoms with Gasteiger partial charge in [-0.2, -0.15) is 0 Å². The number of benzene rings is 1. The highest BCUT2D eigenvalue weighted by atomic mass is 16.5. The van der Waals surface area contributed by atoms with Crippen LogP contribution in [0.25, 0.3) is 0 Å². The van der Waals surface area contributed by atoms with Crippen molar-refractivity contribution in [2.45, 2.75) is 130 Å². The third-order valence-corrected chi connectivity index (χ3v) is 12.3. The van der Waals surface area contributed by atoms with Gasteiger partial charge in [-0.25, -0.2) is 0 Å². The maximum Gasteiger partial charge on any atom is 0.133 e. The standard InChI is InChI=1S/C35H55NO3/c1-6-26(7-2)36-33(23(3)4)24-9-8-10-28(21-24)39-20-19-35-18-16-30-29(31(35)13-14-32(35)38)12-11-25-22-27(37)15-17-34(25,30)5/h8-10,21,23,25-26,29-33,36,38H,6-7,11-20,22H2,1-5H3/t25?,29?,30?,31?,32-,33?,34-,35+/m0/s1. The molecule has 4 aliphatic carbocycles. The van der Waals surface area contributed by atoms with Crippen LogP contribution in [0.1, 0.15) is 123 Å². The zero-order valence-electron chi connectivity index (χ0n) is 25.4. The Labute approximate surface area is 238 Å². The minimum absolute atomic E-state index is 0.00393. The molecule has 0 radical (unpaired) electrons. The van der Waals surface area contributed by atoms with Gasteiger partial charge in [0.2, 0.25) is 0 Å². The second-order valence-corrected chi connectivity index (χ2v) is 14.3. The van der Waals surface area contributed by atoms with Gasteiger partial charge >= 0.3 is 0 Å². The summed E-state index contributed by atoms with van der Waals surface area (Å²) in [5, 5.41) is 15.3. The molecular formula is C35H55NO3. The van der Waals surface area contributed by atoms with Crippen molar-refractivity contribution < 1.29 is 14.6 Å². The molecule has 2 N–H and O–H groups in total. The Kier molecular flexibility index (Phi) is 8.84. The Morgan fingerprint density at radius 3 is 2.59 bits per heavy atom. The van der Waals surface area contributed by atoms with Gasteiger partial charge in [-0.1, -0.05) is 46.8 Å². The molecule has 0 spiro atoms. The summed E-state index contributed by atoms with van der Waals surface area (Å²) in [6.45, 7) is 12.3. The van der Waals surface area contributed by atoms with Gasteiger partial charge in [-0.15, -0.1) is 0 Å². The zero-order chi connectivity index (χ0) is 27.8. The fourth-order valence-corrected chi connectivity index (χ4v) is 9.91. The lowest BCUT2D eigenvalue weighted by molar-refractivity contribution is -0.145. The predicted molar refractivity (Wildman–Crippen MR) is 159 cm³/mol. The van der Waals surface area contributed by atoms with Crippen LogP contribution in [-0.4, -0.2) is 29.6 Å². The molecule has 0 aromatic heterocycles. The fraction of sp³-hybridized carbons (Fsp3) is 0.800. The highest BCUT2D eigenvalue weighted by Gasteiger charge is 2.61. The number of aliphatic hydroxyl groups is 1. The van der Waals surface area contributed by atoms with E-state index < -0.39 is 0 Å². The van der Waals surface area contributed by atoms with Crippen LogP contribution in [0.5, 0.6) is 5.75 Å². The molecule has 0 heterocycles. The SMILES string of the molecule is CCC(CC)NC(c1cccc(OCC[C@]23CCC4C(CCC5CC(=O)CC[C@@]54C)C2CC[C@@H]3O)c1)C(C)C. The van der Waals surface area contributed by atoms with Gasteiger partial charge in [0, 0.05) is 30.3 Å². The van der Waals surface area contributed by atoms with Crippen molar-refractivity contribution in [3.63, 3.8) is 0 Å². The van der Waals surface area contributed by atoms with Gasteiger partial charge in [0.25, 0.3) is 0 Å². The summed E-state index contributed by atoms with van der Waals surface area (Å²) in [5.41, 5.74) is 1.63. The number of hydrogen-bond acceptors (Lipinski definition) is 4. The molecule has 8 atom stereocenters. The van der Waals surface area contributed by atoms with Crippen molar-refractivity contribution in [1.82, 2.24) is 5.32 Å². The van der Waals surface area contributed by atoms with Gasteiger partial charge in [-0.05, 0) is 117 Å². The summed E-state index contributed by atoms with van der Waals surface area (Å²) in [4.78, 5) is 12.2. The molecule has 5 rings (SSSR count). The number of aliphatic hydroxyl groups excluding tert-OH is 1. The molecular weight excluding hydrogens is 482 g/mol. The molecule has 0 bridgehead atoms. The Balaban J connectivity index is 1.26. The fourth-order valence-electron chi connectivity index (χ4n) is 9.91. The Hall–Kier alpha value is -1.39. The first kappa shape index (κ1) is 29.1. The van der Waals surface area contributed by atoms with E-state index in [0.29, 0.717) is 53.6 Å². The largest absolute Gasteiger partial charge is 0.494 e. The van der Waals surface area contributed by atoms with E-state index in [1.165, 1.54) is 24.8 Å². The number of rotatable bonds is 10. The van der Waals surface area contributed by atoms with Gasteiger partial charge in [0.15, 0.2) is 0 Å². The summed E-state index contributed by atoms with van der Waals surface area (Å²) in [5.74, 6) is 4.57. The van der Waals surface area contributed by atoms with E-state index in [2.05, 4.69) is 64.2 Å². The van der Waals surface area contributed by atoms with Crippen molar-refractivity contribution >= 4 is 5.78 Å². The van der Waals surface area contributed by atoms with E-state index in [1.807, 2.05) is 0 Å². The van der Waals surface area contributed by atoms with Crippen LogP contribution >= 0.6 is 0 Å². The molecule has 218 valence electrons. The lowest BCUT2D eigenvalue weighted by Crippen LogP contribution is -2.55. The van der Waals surface area contributed by atoms with Crippen molar-refractivity contribution in [1.29, 1.82) is 0 Å². The molecule has 1 aromatic rings. The molecule has 4 nitrogen and oxygen atoms in total. The topological polar surface area (TPSA) is 58.6 Å². The summed E-state index contributed by atoms with van der Waals surface area (Å²) >= 11 is 0. The van der Waals surface area contributed by atoms with Gasteiger partial charge in [0.05, 0.1) is 12.7 Å². The number of ketones is 1. The summed E-state index contributed by atoms with van der Waals surface area (Å²) < 4.78 is 6.47. The average Bonchev–Trinajstić information content (AvgIpc) is 3.26. The normalized spacial score (nSPS) is 36.9. The molecule has 0 aliphatic heterocycles. The second kappa shape index (κ2) is 11.8. The first-order chi connectivity index (χ1) is 18.7. The smallest absolute Gasteiger partial charge is 0.133 e. The quantitative estimate of drug-likeness (QED) is 0.319. The van der Waals surface area contributed by atoms with E-state index in [4.69, 9.17) is 4.74 Å². The average molecular weight is 538 g/mol. The van der Waals surface area contributed by atoms with Crippen LogP contribution < -0.4 is 10.1 Å². The van der Waals surface area contributed by atoms with Crippen LogP contribution in [0.4, 0.5) is 0 Å². The van der Waals surface area contributed by atoms with Crippen LogP contribution in [0.15, 0.2) is 24.3 Å². The van der Waals surface area contributed by atoms with Crippen LogP contribution in [0, 0.1) is 40.4 Å². The number of nitrogens with one attached hydrogen (secondary N) is 1. The van der Waals surface area contributed by atoms with Gasteiger partial charge < -0.3 is 15.2 Å². The van der Waals surface area contributed by atoms with E-state index in [-0.39, 0.29) is 11.5 Å². The van der Waals surface area contributed by atoms with Crippen LogP contribution in [-0.2, 0) is 4.79 Å². The van der Waals surface area contributed by atoms with E-state index >= 15 is 0 Å². The summed E-state index contributed by atoms with van der Waals surface area (Å²) in [6, 6.07) is 9.56. The lowest BCUT2D eigenvalue weighted by atomic mass is 9.44. The summed E-state index contributed by atoms with van der Waals surface area (Å²) in [7, 11) is 0. The lowest BCUT2D eigenvalue weighted by Gasteiger charge is -2.60. The molecule has 4 heteroatoms.